The molecular weight excluding hydrogens is 340 g/mol. The van der Waals surface area contributed by atoms with Crippen LogP contribution in [0.3, 0.4) is 0 Å². The molecule has 1 aliphatic heterocycles. The molecule has 2 heterocycles. The summed E-state index contributed by atoms with van der Waals surface area (Å²) in [6.45, 7) is 10.7. The van der Waals surface area contributed by atoms with Crippen LogP contribution in [0.4, 0.5) is 0 Å². The summed E-state index contributed by atoms with van der Waals surface area (Å²) in [5.74, 6) is 5.91. The summed E-state index contributed by atoms with van der Waals surface area (Å²) in [6, 6.07) is 7.43. The van der Waals surface area contributed by atoms with E-state index in [4.69, 9.17) is 4.74 Å². The zero-order chi connectivity index (χ0) is 19.8. The van der Waals surface area contributed by atoms with Crippen LogP contribution in [0.1, 0.15) is 62.2 Å². The lowest BCUT2D eigenvalue weighted by molar-refractivity contribution is -0.304. The van der Waals surface area contributed by atoms with Gasteiger partial charge in [0.25, 0.3) is 0 Å². The van der Waals surface area contributed by atoms with Crippen LogP contribution in [0.15, 0.2) is 24.3 Å². The summed E-state index contributed by atoms with van der Waals surface area (Å²) >= 11 is 0. The van der Waals surface area contributed by atoms with E-state index in [1.165, 1.54) is 0 Å². The Balaban J connectivity index is 1.92. The number of benzene rings is 1. The highest BCUT2D eigenvalue weighted by Gasteiger charge is 2.39. The highest BCUT2D eigenvalue weighted by atomic mass is 16.5. The predicted molar refractivity (Wildman–Crippen MR) is 100 cm³/mol. The SMILES string of the molecule is Cc1cc2c(cc1C#Cc1ccc(CC(=O)[O-])nn1)C(C)(C)CC(C)(C)O2. The lowest BCUT2D eigenvalue weighted by atomic mass is 9.73. The van der Waals surface area contributed by atoms with Crippen molar-refractivity contribution in [2.75, 3.05) is 0 Å². The summed E-state index contributed by atoms with van der Waals surface area (Å²) in [4.78, 5) is 10.6. The van der Waals surface area contributed by atoms with Gasteiger partial charge in [-0.15, -0.1) is 5.10 Å². The molecule has 27 heavy (non-hydrogen) atoms. The van der Waals surface area contributed by atoms with Gasteiger partial charge in [-0.2, -0.15) is 5.10 Å². The molecule has 1 aromatic heterocycles. The number of fused-ring (bicyclic) bond motifs is 1. The Labute approximate surface area is 159 Å². The van der Waals surface area contributed by atoms with Crippen molar-refractivity contribution in [1.29, 1.82) is 0 Å². The van der Waals surface area contributed by atoms with Crippen LogP contribution in [-0.4, -0.2) is 21.8 Å². The van der Waals surface area contributed by atoms with E-state index in [1.807, 2.05) is 6.92 Å². The lowest BCUT2D eigenvalue weighted by Gasteiger charge is -2.42. The molecule has 0 spiro atoms. The first-order valence-corrected chi connectivity index (χ1v) is 8.94. The average molecular weight is 363 g/mol. The van der Waals surface area contributed by atoms with E-state index in [9.17, 15) is 9.90 Å². The first-order chi connectivity index (χ1) is 12.6. The van der Waals surface area contributed by atoms with Crippen molar-refractivity contribution >= 4 is 5.97 Å². The van der Waals surface area contributed by atoms with E-state index in [1.54, 1.807) is 12.1 Å². The molecule has 0 radical (unpaired) electrons. The number of aryl methyl sites for hydroxylation is 1. The first kappa shape index (κ1) is 18.9. The number of hydrogen-bond donors (Lipinski definition) is 0. The van der Waals surface area contributed by atoms with E-state index in [2.05, 4.69) is 61.9 Å². The molecule has 3 rings (SSSR count). The van der Waals surface area contributed by atoms with Crippen molar-refractivity contribution in [1.82, 2.24) is 10.2 Å². The number of carbonyl (C=O) groups is 1. The molecule has 1 aliphatic rings. The van der Waals surface area contributed by atoms with Crippen molar-refractivity contribution in [3.05, 3.63) is 52.3 Å². The number of ether oxygens (including phenoxy) is 1. The Morgan fingerprint density at radius 1 is 1.19 bits per heavy atom. The van der Waals surface area contributed by atoms with Crippen molar-refractivity contribution < 1.29 is 14.6 Å². The van der Waals surface area contributed by atoms with Gasteiger partial charge < -0.3 is 14.6 Å². The second kappa shape index (κ2) is 6.70. The Kier molecular flexibility index (Phi) is 4.69. The van der Waals surface area contributed by atoms with Gasteiger partial charge in [-0.3, -0.25) is 0 Å². The van der Waals surface area contributed by atoms with E-state index in [0.717, 1.165) is 28.9 Å². The average Bonchev–Trinajstić information content (AvgIpc) is 2.52. The Morgan fingerprint density at radius 3 is 2.56 bits per heavy atom. The van der Waals surface area contributed by atoms with E-state index < -0.39 is 5.97 Å². The van der Waals surface area contributed by atoms with Gasteiger partial charge in [0.15, 0.2) is 0 Å². The quantitative estimate of drug-likeness (QED) is 0.766. The number of aliphatic carboxylic acids is 1. The Bertz CT molecular complexity index is 948. The second-order valence-corrected chi connectivity index (χ2v) is 8.29. The summed E-state index contributed by atoms with van der Waals surface area (Å²) in [5, 5.41) is 18.4. The molecular formula is C22H23N2O3-. The Hall–Kier alpha value is -2.87. The van der Waals surface area contributed by atoms with Gasteiger partial charge in [-0.05, 0) is 68.4 Å². The molecule has 0 atom stereocenters. The highest BCUT2D eigenvalue weighted by Crippen LogP contribution is 2.45. The minimum Gasteiger partial charge on any atom is -0.550 e. The molecule has 0 N–H and O–H groups in total. The van der Waals surface area contributed by atoms with E-state index in [-0.39, 0.29) is 17.4 Å². The molecule has 0 aliphatic carbocycles. The minimum absolute atomic E-state index is 0.00641. The molecule has 0 saturated heterocycles. The number of carboxylic acids is 1. The van der Waals surface area contributed by atoms with Crippen LogP contribution in [0, 0.1) is 18.8 Å². The summed E-state index contributed by atoms with van der Waals surface area (Å²) < 4.78 is 6.17. The van der Waals surface area contributed by atoms with E-state index >= 15 is 0 Å². The monoisotopic (exact) mass is 363 g/mol. The molecule has 0 bridgehead atoms. The molecule has 0 unspecified atom stereocenters. The van der Waals surface area contributed by atoms with Gasteiger partial charge in [0, 0.05) is 23.5 Å². The second-order valence-electron chi connectivity index (χ2n) is 8.29. The fraction of sp³-hybridized carbons (Fsp3) is 0.409. The maximum atomic E-state index is 10.6. The minimum atomic E-state index is -1.18. The number of hydrogen-bond acceptors (Lipinski definition) is 5. The number of carboxylic acid groups (broad SMARTS) is 1. The van der Waals surface area contributed by atoms with Crippen LogP contribution in [0.25, 0.3) is 0 Å². The summed E-state index contributed by atoms with van der Waals surface area (Å²) in [6.07, 6.45) is 0.671. The third kappa shape index (κ3) is 4.28. The van der Waals surface area contributed by atoms with Crippen LogP contribution < -0.4 is 9.84 Å². The molecule has 0 fully saturated rings. The summed E-state index contributed by atoms with van der Waals surface area (Å²) in [7, 11) is 0. The number of rotatable bonds is 2. The lowest BCUT2D eigenvalue weighted by Crippen LogP contribution is -2.41. The molecule has 5 nitrogen and oxygen atoms in total. The Morgan fingerprint density at radius 2 is 1.93 bits per heavy atom. The fourth-order valence-corrected chi connectivity index (χ4v) is 3.72. The number of nitrogens with zero attached hydrogens (tertiary/aromatic N) is 2. The smallest absolute Gasteiger partial charge is 0.136 e. The van der Waals surface area contributed by atoms with Gasteiger partial charge in [-0.1, -0.05) is 19.8 Å². The maximum absolute atomic E-state index is 10.6. The van der Waals surface area contributed by atoms with Crippen molar-refractivity contribution in [3.63, 3.8) is 0 Å². The maximum Gasteiger partial charge on any atom is 0.136 e. The summed E-state index contributed by atoms with van der Waals surface area (Å²) in [5.41, 5.74) is 3.76. The number of aromatic nitrogens is 2. The predicted octanol–water partition coefficient (Wildman–Crippen LogP) is 2.32. The van der Waals surface area contributed by atoms with Gasteiger partial charge >= 0.3 is 0 Å². The number of carbonyl (C=O) groups excluding carboxylic acids is 1. The van der Waals surface area contributed by atoms with Gasteiger partial charge in [0.05, 0.1) is 5.69 Å². The van der Waals surface area contributed by atoms with Gasteiger partial charge in [0.1, 0.15) is 17.0 Å². The molecule has 1 aromatic carbocycles. The standard InChI is InChI=1S/C22H24N2O3/c1-14-10-19-18(21(2,3)13-22(4,5)27-19)11-15(14)6-7-16-8-9-17(24-23-16)12-20(25)26/h8-11H,12-13H2,1-5H3,(H,25,26)/p-1. The van der Waals surface area contributed by atoms with Crippen molar-refractivity contribution in [3.8, 4) is 17.6 Å². The van der Waals surface area contributed by atoms with Crippen LogP contribution in [0.2, 0.25) is 0 Å². The normalized spacial score (nSPS) is 16.5. The molecule has 0 amide bonds. The van der Waals surface area contributed by atoms with Crippen LogP contribution >= 0.6 is 0 Å². The first-order valence-electron chi connectivity index (χ1n) is 8.94. The van der Waals surface area contributed by atoms with Gasteiger partial charge in [-0.25, -0.2) is 0 Å². The molecule has 2 aromatic rings. The van der Waals surface area contributed by atoms with Crippen molar-refractivity contribution in [2.24, 2.45) is 0 Å². The largest absolute Gasteiger partial charge is 0.550 e. The zero-order valence-corrected chi connectivity index (χ0v) is 16.3. The van der Waals surface area contributed by atoms with Crippen LogP contribution in [-0.2, 0) is 16.6 Å². The molecule has 140 valence electrons. The third-order valence-corrected chi connectivity index (χ3v) is 4.68. The zero-order valence-electron chi connectivity index (χ0n) is 16.3. The third-order valence-electron chi connectivity index (χ3n) is 4.68. The fourth-order valence-electron chi connectivity index (χ4n) is 3.72. The topological polar surface area (TPSA) is 75.1 Å². The molecule has 0 saturated carbocycles. The van der Waals surface area contributed by atoms with Crippen LogP contribution in [0.5, 0.6) is 5.75 Å². The van der Waals surface area contributed by atoms with E-state index in [0.29, 0.717) is 11.4 Å². The van der Waals surface area contributed by atoms with Crippen molar-refractivity contribution in [2.45, 2.75) is 58.5 Å². The van der Waals surface area contributed by atoms with Gasteiger partial charge in [0.2, 0.25) is 0 Å². The highest BCUT2D eigenvalue weighted by molar-refractivity contribution is 5.67. The molecule has 5 heteroatoms.